The number of carbonyl (C=O) groups is 2. The van der Waals surface area contributed by atoms with Gasteiger partial charge in [0.1, 0.15) is 5.69 Å². The first-order valence-corrected chi connectivity index (χ1v) is 10.9. The summed E-state index contributed by atoms with van der Waals surface area (Å²) in [5.41, 5.74) is 6.01. The smallest absolute Gasteiger partial charge is 0.306 e. The molecular formula is C25H28N4O3. The quantitative estimate of drug-likeness (QED) is 0.575. The average molecular weight is 433 g/mol. The summed E-state index contributed by atoms with van der Waals surface area (Å²) in [5.74, 6) is 0.462. The average Bonchev–Trinajstić information content (AvgIpc) is 2.83. The third-order valence-corrected chi connectivity index (χ3v) is 6.01. The van der Waals surface area contributed by atoms with Crippen LogP contribution in [-0.4, -0.2) is 60.0 Å². The van der Waals surface area contributed by atoms with Crippen LogP contribution in [0.1, 0.15) is 24.0 Å². The van der Waals surface area contributed by atoms with E-state index in [1.54, 1.807) is 0 Å². The van der Waals surface area contributed by atoms with Crippen LogP contribution in [0.25, 0.3) is 22.3 Å². The van der Waals surface area contributed by atoms with E-state index in [4.69, 9.17) is 9.97 Å². The maximum absolute atomic E-state index is 12.5. The minimum atomic E-state index is -0.360. The molecule has 0 saturated carbocycles. The summed E-state index contributed by atoms with van der Waals surface area (Å²) in [6.07, 6.45) is 0.291. The lowest BCUT2D eigenvalue weighted by molar-refractivity contribution is -0.143. The molecule has 0 aliphatic carbocycles. The fourth-order valence-electron chi connectivity index (χ4n) is 3.95. The normalized spacial score (nSPS) is 14.0. The van der Waals surface area contributed by atoms with Gasteiger partial charge in [0.25, 0.3) is 0 Å². The van der Waals surface area contributed by atoms with Gasteiger partial charge in [0.15, 0.2) is 5.82 Å². The number of anilines is 1. The number of esters is 1. The molecule has 1 fully saturated rings. The Hall–Kier alpha value is -3.48. The van der Waals surface area contributed by atoms with Crippen molar-refractivity contribution in [2.24, 2.45) is 0 Å². The van der Waals surface area contributed by atoms with Crippen LogP contribution in [0.4, 0.5) is 5.82 Å². The van der Waals surface area contributed by atoms with Crippen molar-refractivity contribution in [1.29, 1.82) is 0 Å². The molecule has 0 N–H and O–H groups in total. The summed E-state index contributed by atoms with van der Waals surface area (Å²) in [6, 6.07) is 14.3. The fourth-order valence-corrected chi connectivity index (χ4v) is 3.95. The minimum absolute atomic E-state index is 0.0194. The Balaban J connectivity index is 1.60. The monoisotopic (exact) mass is 432 g/mol. The molecule has 0 spiro atoms. The van der Waals surface area contributed by atoms with E-state index in [0.717, 1.165) is 28.1 Å². The van der Waals surface area contributed by atoms with Crippen molar-refractivity contribution in [3.63, 3.8) is 0 Å². The highest BCUT2D eigenvalue weighted by Crippen LogP contribution is 2.31. The lowest BCUT2D eigenvalue weighted by atomic mass is 10.1. The molecule has 7 nitrogen and oxygen atoms in total. The summed E-state index contributed by atoms with van der Waals surface area (Å²) in [7, 11) is 1.34. The Kier molecular flexibility index (Phi) is 6.35. The van der Waals surface area contributed by atoms with E-state index in [-0.39, 0.29) is 24.7 Å². The molecule has 166 valence electrons. The Morgan fingerprint density at radius 1 is 0.906 bits per heavy atom. The Morgan fingerprint density at radius 3 is 2.16 bits per heavy atom. The first kappa shape index (κ1) is 21.7. The van der Waals surface area contributed by atoms with Crippen LogP contribution in [-0.2, 0) is 14.3 Å². The van der Waals surface area contributed by atoms with Crippen molar-refractivity contribution in [1.82, 2.24) is 14.9 Å². The van der Waals surface area contributed by atoms with Gasteiger partial charge in [-0.1, -0.05) is 30.3 Å². The van der Waals surface area contributed by atoms with Gasteiger partial charge in [-0.15, -0.1) is 0 Å². The number of aryl methyl sites for hydroxylation is 2. The molecule has 7 heteroatoms. The number of hydrogen-bond acceptors (Lipinski definition) is 6. The Labute approximate surface area is 188 Å². The number of fused-ring (bicyclic) bond motifs is 1. The third kappa shape index (κ3) is 4.56. The second-order valence-corrected chi connectivity index (χ2v) is 8.13. The van der Waals surface area contributed by atoms with Gasteiger partial charge in [-0.2, -0.15) is 0 Å². The predicted molar refractivity (Wildman–Crippen MR) is 124 cm³/mol. The standard InChI is InChI=1S/C25H28N4O3/c1-17-15-20-21(16-18(17)2)27-25(24(26-20)19-7-5-4-6-8-19)29-13-11-28(12-14-29)22(30)9-10-23(31)32-3/h4-8,15-16H,9-14H2,1-3H3. The summed E-state index contributed by atoms with van der Waals surface area (Å²) in [4.78, 5) is 37.8. The molecule has 0 unspecified atom stereocenters. The van der Waals surface area contributed by atoms with Gasteiger partial charge in [0, 0.05) is 38.2 Å². The molecule has 0 bridgehead atoms. The van der Waals surface area contributed by atoms with Crippen LogP contribution >= 0.6 is 0 Å². The lowest BCUT2D eigenvalue weighted by Crippen LogP contribution is -2.49. The molecule has 1 aliphatic rings. The van der Waals surface area contributed by atoms with Crippen molar-refractivity contribution in [2.45, 2.75) is 26.7 Å². The third-order valence-electron chi connectivity index (χ3n) is 6.01. The summed E-state index contributed by atoms with van der Waals surface area (Å²) < 4.78 is 4.64. The Morgan fingerprint density at radius 2 is 1.53 bits per heavy atom. The summed E-state index contributed by atoms with van der Waals surface area (Å²) in [5, 5.41) is 0. The highest BCUT2D eigenvalue weighted by molar-refractivity contribution is 5.85. The number of amides is 1. The Bertz CT molecular complexity index is 1140. The van der Waals surface area contributed by atoms with Gasteiger partial charge >= 0.3 is 5.97 Å². The zero-order chi connectivity index (χ0) is 22.7. The van der Waals surface area contributed by atoms with Crippen molar-refractivity contribution in [3.05, 3.63) is 53.6 Å². The topological polar surface area (TPSA) is 75.6 Å². The number of aromatic nitrogens is 2. The number of rotatable bonds is 5. The van der Waals surface area contributed by atoms with Crippen LogP contribution < -0.4 is 4.90 Å². The fraction of sp³-hybridized carbons (Fsp3) is 0.360. The van der Waals surface area contributed by atoms with E-state index in [0.29, 0.717) is 26.2 Å². The van der Waals surface area contributed by atoms with Crippen molar-refractivity contribution >= 4 is 28.7 Å². The number of ether oxygens (including phenoxy) is 1. The minimum Gasteiger partial charge on any atom is -0.469 e. The molecule has 3 aromatic rings. The van der Waals surface area contributed by atoms with Crippen molar-refractivity contribution in [3.8, 4) is 11.3 Å². The molecule has 1 amide bonds. The van der Waals surface area contributed by atoms with E-state index in [9.17, 15) is 9.59 Å². The number of nitrogens with zero attached hydrogens (tertiary/aromatic N) is 4. The molecule has 2 heterocycles. The van der Waals surface area contributed by atoms with Gasteiger partial charge in [0.2, 0.25) is 5.91 Å². The predicted octanol–water partition coefficient (Wildman–Crippen LogP) is 3.52. The number of hydrogen-bond donors (Lipinski definition) is 0. The highest BCUT2D eigenvalue weighted by atomic mass is 16.5. The molecule has 4 rings (SSSR count). The van der Waals surface area contributed by atoms with E-state index in [1.165, 1.54) is 18.2 Å². The van der Waals surface area contributed by atoms with Gasteiger partial charge in [0.05, 0.1) is 24.6 Å². The van der Waals surface area contributed by atoms with E-state index >= 15 is 0 Å². The number of carbonyl (C=O) groups excluding carboxylic acids is 2. The van der Waals surface area contributed by atoms with Crippen LogP contribution in [0.2, 0.25) is 0 Å². The molecule has 0 atom stereocenters. The summed E-state index contributed by atoms with van der Waals surface area (Å²) in [6.45, 7) is 6.66. The van der Waals surface area contributed by atoms with Crippen molar-refractivity contribution < 1.29 is 14.3 Å². The van der Waals surface area contributed by atoms with Gasteiger partial charge < -0.3 is 14.5 Å². The molecule has 1 aliphatic heterocycles. The first-order chi connectivity index (χ1) is 15.5. The van der Waals surface area contributed by atoms with Gasteiger partial charge in [-0.25, -0.2) is 9.97 Å². The molecule has 1 aromatic heterocycles. The van der Waals surface area contributed by atoms with E-state index < -0.39 is 0 Å². The van der Waals surface area contributed by atoms with Crippen LogP contribution in [0.3, 0.4) is 0 Å². The van der Waals surface area contributed by atoms with Gasteiger partial charge in [-0.05, 0) is 37.1 Å². The van der Waals surface area contributed by atoms with Gasteiger partial charge in [-0.3, -0.25) is 9.59 Å². The molecule has 2 aromatic carbocycles. The highest BCUT2D eigenvalue weighted by Gasteiger charge is 2.25. The lowest BCUT2D eigenvalue weighted by Gasteiger charge is -2.36. The first-order valence-electron chi connectivity index (χ1n) is 10.9. The van der Waals surface area contributed by atoms with Crippen LogP contribution in [0, 0.1) is 13.8 Å². The van der Waals surface area contributed by atoms with E-state index in [1.807, 2.05) is 35.2 Å². The van der Waals surface area contributed by atoms with E-state index in [2.05, 4.69) is 35.6 Å². The maximum Gasteiger partial charge on any atom is 0.306 e. The molecular weight excluding hydrogens is 404 g/mol. The molecule has 1 saturated heterocycles. The van der Waals surface area contributed by atoms with Crippen LogP contribution in [0.15, 0.2) is 42.5 Å². The maximum atomic E-state index is 12.5. The van der Waals surface area contributed by atoms with Crippen molar-refractivity contribution in [2.75, 3.05) is 38.2 Å². The number of piperazine rings is 1. The second kappa shape index (κ2) is 9.34. The zero-order valence-corrected chi connectivity index (χ0v) is 18.8. The SMILES string of the molecule is COC(=O)CCC(=O)N1CCN(c2nc3cc(C)c(C)cc3nc2-c2ccccc2)CC1. The second-order valence-electron chi connectivity index (χ2n) is 8.13. The molecule has 32 heavy (non-hydrogen) atoms. The number of benzene rings is 2. The largest absolute Gasteiger partial charge is 0.469 e. The zero-order valence-electron chi connectivity index (χ0n) is 18.8. The molecule has 0 radical (unpaired) electrons. The summed E-state index contributed by atoms with van der Waals surface area (Å²) >= 11 is 0. The number of methoxy groups -OCH3 is 1. The van der Waals surface area contributed by atoms with Crippen LogP contribution in [0.5, 0.6) is 0 Å².